The van der Waals surface area contributed by atoms with Gasteiger partial charge in [-0.05, 0) is 20.8 Å². The van der Waals surface area contributed by atoms with Gasteiger partial charge in [0.25, 0.3) is 0 Å². The van der Waals surface area contributed by atoms with E-state index in [0.29, 0.717) is 6.04 Å². The third-order valence-electron chi connectivity index (χ3n) is 2.35. The maximum Gasteiger partial charge on any atom is 0.0537 e. The van der Waals surface area contributed by atoms with Crippen LogP contribution in [0, 0.1) is 11.8 Å². The molecule has 0 aliphatic rings. The lowest BCUT2D eigenvalue weighted by Gasteiger charge is -2.09. The molecule has 0 spiro atoms. The van der Waals surface area contributed by atoms with Crippen LogP contribution >= 0.6 is 0 Å². The molecule has 15 heavy (non-hydrogen) atoms. The largest absolute Gasteiger partial charge is 0.309 e. The molecule has 1 rings (SSSR count). The van der Waals surface area contributed by atoms with Gasteiger partial charge in [-0.15, -0.1) is 11.8 Å². The van der Waals surface area contributed by atoms with Crippen molar-refractivity contribution in [3.63, 3.8) is 0 Å². The number of aromatic nitrogens is 2. The van der Waals surface area contributed by atoms with E-state index in [4.69, 9.17) is 0 Å². The third kappa shape index (κ3) is 3.77. The molecule has 0 bridgehead atoms. The Kier molecular flexibility index (Phi) is 4.92. The molecular formula is C12H19N3. The molecule has 0 aliphatic heterocycles. The Hall–Kier alpha value is -1.27. The van der Waals surface area contributed by atoms with E-state index >= 15 is 0 Å². The number of hydrogen-bond acceptors (Lipinski definition) is 2. The summed E-state index contributed by atoms with van der Waals surface area (Å²) in [6.45, 7) is 7.96. The average molecular weight is 205 g/mol. The molecule has 0 saturated heterocycles. The van der Waals surface area contributed by atoms with Crippen molar-refractivity contribution in [1.82, 2.24) is 15.1 Å². The van der Waals surface area contributed by atoms with Crippen molar-refractivity contribution < 1.29 is 0 Å². The van der Waals surface area contributed by atoms with Crippen molar-refractivity contribution in [3.05, 3.63) is 18.0 Å². The second kappa shape index (κ2) is 6.26. The van der Waals surface area contributed by atoms with Gasteiger partial charge in [0.1, 0.15) is 0 Å². The summed E-state index contributed by atoms with van der Waals surface area (Å²) in [6, 6.07) is 0.351. The molecule has 0 amide bonds. The predicted octanol–water partition coefficient (Wildman–Crippen LogP) is 1.97. The molecule has 3 nitrogen and oxygen atoms in total. The zero-order valence-corrected chi connectivity index (χ0v) is 9.75. The van der Waals surface area contributed by atoms with Crippen LogP contribution in [0.4, 0.5) is 0 Å². The van der Waals surface area contributed by atoms with E-state index in [1.54, 1.807) is 0 Å². The monoisotopic (exact) mass is 205 g/mol. The Labute approximate surface area is 91.9 Å². The molecule has 0 fully saturated rings. The fourth-order valence-corrected chi connectivity index (χ4v) is 1.37. The van der Waals surface area contributed by atoms with Gasteiger partial charge in [0.05, 0.1) is 6.20 Å². The summed E-state index contributed by atoms with van der Waals surface area (Å²) in [6.07, 6.45) is 4.92. The predicted molar refractivity (Wildman–Crippen MR) is 62.4 cm³/mol. The SMILES string of the molecule is CC#CCCNC(C)c1cnn(CC)c1. The minimum Gasteiger partial charge on any atom is -0.309 e. The molecule has 1 atom stereocenters. The maximum absolute atomic E-state index is 4.25. The van der Waals surface area contributed by atoms with Gasteiger partial charge in [-0.1, -0.05) is 0 Å². The molecule has 0 aromatic carbocycles. The minimum atomic E-state index is 0.351. The van der Waals surface area contributed by atoms with Crippen LogP contribution in [0.15, 0.2) is 12.4 Å². The van der Waals surface area contributed by atoms with Gasteiger partial charge in [0.2, 0.25) is 0 Å². The summed E-state index contributed by atoms with van der Waals surface area (Å²) >= 11 is 0. The molecule has 1 unspecified atom stereocenters. The van der Waals surface area contributed by atoms with Crippen molar-refractivity contribution in [2.24, 2.45) is 0 Å². The van der Waals surface area contributed by atoms with Gasteiger partial charge in [-0.2, -0.15) is 5.10 Å². The van der Waals surface area contributed by atoms with Gasteiger partial charge < -0.3 is 5.32 Å². The number of nitrogens with one attached hydrogen (secondary N) is 1. The molecule has 1 aromatic rings. The van der Waals surface area contributed by atoms with Crippen LogP contribution in [0.1, 0.15) is 38.8 Å². The zero-order chi connectivity index (χ0) is 11.1. The van der Waals surface area contributed by atoms with Crippen LogP contribution in [0.25, 0.3) is 0 Å². The number of nitrogens with zero attached hydrogens (tertiary/aromatic N) is 2. The highest BCUT2D eigenvalue weighted by molar-refractivity contribution is 5.09. The van der Waals surface area contributed by atoms with Gasteiger partial charge in [-0.3, -0.25) is 4.68 Å². The Morgan fingerprint density at radius 3 is 3.00 bits per heavy atom. The first-order valence-corrected chi connectivity index (χ1v) is 5.43. The van der Waals surface area contributed by atoms with E-state index in [-0.39, 0.29) is 0 Å². The van der Waals surface area contributed by atoms with Crippen LogP contribution in [0.2, 0.25) is 0 Å². The van der Waals surface area contributed by atoms with Crippen molar-refractivity contribution in [3.8, 4) is 11.8 Å². The second-order valence-corrected chi connectivity index (χ2v) is 3.48. The highest BCUT2D eigenvalue weighted by Crippen LogP contribution is 2.10. The molecule has 1 aromatic heterocycles. The van der Waals surface area contributed by atoms with Crippen molar-refractivity contribution >= 4 is 0 Å². The molecule has 0 aliphatic carbocycles. The van der Waals surface area contributed by atoms with Gasteiger partial charge in [0, 0.05) is 37.3 Å². The molecule has 1 heterocycles. The van der Waals surface area contributed by atoms with Gasteiger partial charge >= 0.3 is 0 Å². The molecule has 82 valence electrons. The lowest BCUT2D eigenvalue weighted by Crippen LogP contribution is -2.19. The Balaban J connectivity index is 2.38. The summed E-state index contributed by atoms with van der Waals surface area (Å²) in [5.74, 6) is 5.93. The van der Waals surface area contributed by atoms with Crippen LogP contribution < -0.4 is 5.32 Å². The zero-order valence-electron chi connectivity index (χ0n) is 9.75. The normalized spacial score (nSPS) is 11.9. The fourth-order valence-electron chi connectivity index (χ4n) is 1.37. The average Bonchev–Trinajstić information content (AvgIpc) is 2.72. The van der Waals surface area contributed by atoms with Crippen molar-refractivity contribution in [1.29, 1.82) is 0 Å². The van der Waals surface area contributed by atoms with Crippen LogP contribution in [-0.4, -0.2) is 16.3 Å². The number of aryl methyl sites for hydroxylation is 1. The first-order chi connectivity index (χ1) is 7.27. The quantitative estimate of drug-likeness (QED) is 0.588. The number of hydrogen-bond donors (Lipinski definition) is 1. The van der Waals surface area contributed by atoms with Crippen molar-refractivity contribution in [2.45, 2.75) is 39.8 Å². The van der Waals surface area contributed by atoms with Crippen LogP contribution in [0.3, 0.4) is 0 Å². The summed E-state index contributed by atoms with van der Waals surface area (Å²) in [7, 11) is 0. The maximum atomic E-state index is 4.25. The summed E-state index contributed by atoms with van der Waals surface area (Å²) < 4.78 is 1.94. The van der Waals surface area contributed by atoms with E-state index in [1.165, 1.54) is 5.56 Å². The molecule has 0 radical (unpaired) electrons. The number of rotatable bonds is 5. The van der Waals surface area contributed by atoms with Gasteiger partial charge in [0.15, 0.2) is 0 Å². The van der Waals surface area contributed by atoms with E-state index in [2.05, 4.69) is 42.3 Å². The summed E-state index contributed by atoms with van der Waals surface area (Å²) in [4.78, 5) is 0. The Morgan fingerprint density at radius 1 is 1.60 bits per heavy atom. The lowest BCUT2D eigenvalue weighted by molar-refractivity contribution is 0.582. The van der Waals surface area contributed by atoms with Crippen LogP contribution in [-0.2, 0) is 6.54 Å². The first kappa shape index (κ1) is 11.8. The topological polar surface area (TPSA) is 29.9 Å². The van der Waals surface area contributed by atoms with E-state index in [1.807, 2.05) is 17.8 Å². The standard InChI is InChI=1S/C12H19N3/c1-4-6-7-8-13-11(3)12-9-14-15(5-2)10-12/h9-11,13H,5,7-8H2,1-3H3. The van der Waals surface area contributed by atoms with E-state index in [0.717, 1.165) is 19.5 Å². The Bertz CT molecular complexity index is 343. The van der Waals surface area contributed by atoms with E-state index in [9.17, 15) is 0 Å². The molecular weight excluding hydrogens is 186 g/mol. The Morgan fingerprint density at radius 2 is 2.40 bits per heavy atom. The highest BCUT2D eigenvalue weighted by Gasteiger charge is 2.05. The second-order valence-electron chi connectivity index (χ2n) is 3.48. The molecule has 3 heteroatoms. The minimum absolute atomic E-state index is 0.351. The van der Waals surface area contributed by atoms with E-state index < -0.39 is 0 Å². The molecule has 0 saturated carbocycles. The summed E-state index contributed by atoms with van der Waals surface area (Å²) in [5.41, 5.74) is 1.24. The lowest BCUT2D eigenvalue weighted by atomic mass is 10.2. The summed E-state index contributed by atoms with van der Waals surface area (Å²) in [5, 5.41) is 7.66. The fraction of sp³-hybridized carbons (Fsp3) is 0.583. The van der Waals surface area contributed by atoms with Crippen molar-refractivity contribution in [2.75, 3.05) is 6.54 Å². The molecule has 1 N–H and O–H groups in total. The van der Waals surface area contributed by atoms with Gasteiger partial charge in [-0.25, -0.2) is 0 Å². The van der Waals surface area contributed by atoms with Crippen LogP contribution in [0.5, 0.6) is 0 Å². The third-order valence-corrected chi connectivity index (χ3v) is 2.35. The smallest absolute Gasteiger partial charge is 0.0537 e. The first-order valence-electron chi connectivity index (χ1n) is 5.43. The highest BCUT2D eigenvalue weighted by atomic mass is 15.3.